The molecule has 9 nitrogen and oxygen atoms in total. The number of rotatable bonds is 6. The van der Waals surface area contributed by atoms with Crippen LogP contribution in [-0.2, 0) is 4.79 Å². The highest BCUT2D eigenvalue weighted by atomic mass is 32.1. The van der Waals surface area contributed by atoms with Crippen LogP contribution in [0.2, 0.25) is 0 Å². The Balaban J connectivity index is 2.05. The van der Waals surface area contributed by atoms with Crippen LogP contribution in [0.4, 0.5) is 17.1 Å². The number of nitro benzene ring substituents is 1. The van der Waals surface area contributed by atoms with Crippen molar-refractivity contribution in [3.8, 4) is 5.75 Å². The third-order valence-electron chi connectivity index (χ3n) is 3.61. The summed E-state index contributed by atoms with van der Waals surface area (Å²) in [6.45, 7) is 1.72. The summed E-state index contributed by atoms with van der Waals surface area (Å²) in [5, 5.41) is 19.3. The second-order valence-corrected chi connectivity index (χ2v) is 5.94. The highest BCUT2D eigenvalue weighted by molar-refractivity contribution is 7.80. The van der Waals surface area contributed by atoms with Crippen LogP contribution < -0.4 is 20.7 Å². The number of nitro groups is 1. The van der Waals surface area contributed by atoms with E-state index in [4.69, 9.17) is 17.0 Å². The number of ether oxygens (including phenoxy) is 1. The first-order valence-corrected chi connectivity index (χ1v) is 8.59. The van der Waals surface area contributed by atoms with Gasteiger partial charge < -0.3 is 20.7 Å². The molecule has 0 unspecified atom stereocenters. The zero-order valence-corrected chi connectivity index (χ0v) is 16.0. The molecule has 0 saturated carbocycles. The van der Waals surface area contributed by atoms with Crippen LogP contribution in [0.3, 0.4) is 0 Å². The number of hydrogen-bond donors (Lipinski definition) is 3. The van der Waals surface area contributed by atoms with Gasteiger partial charge in [-0.3, -0.25) is 19.7 Å². The third-order valence-corrected chi connectivity index (χ3v) is 3.82. The van der Waals surface area contributed by atoms with E-state index in [1.165, 1.54) is 19.2 Å². The van der Waals surface area contributed by atoms with Gasteiger partial charge in [0.15, 0.2) is 10.9 Å². The van der Waals surface area contributed by atoms with Crippen LogP contribution in [0.5, 0.6) is 5.75 Å². The number of nitrogens with zero attached hydrogens (tertiary/aromatic N) is 1. The van der Waals surface area contributed by atoms with Crippen molar-refractivity contribution < 1.29 is 19.2 Å². The maximum atomic E-state index is 12.3. The number of nitrogens with one attached hydrogen (secondary N) is 3. The molecule has 10 heteroatoms. The first kappa shape index (κ1) is 20.8. The van der Waals surface area contributed by atoms with Gasteiger partial charge in [-0.2, -0.15) is 0 Å². The Morgan fingerprint density at radius 2 is 1.71 bits per heavy atom. The van der Waals surface area contributed by atoms with Crippen molar-refractivity contribution >= 4 is 46.2 Å². The smallest absolute Gasteiger partial charge is 0.311 e. The minimum atomic E-state index is -0.615. The molecule has 2 aromatic rings. The fraction of sp³-hybridized carbons (Fsp3) is 0.167. The molecule has 0 aliphatic heterocycles. The summed E-state index contributed by atoms with van der Waals surface area (Å²) in [7, 11) is 1.32. The summed E-state index contributed by atoms with van der Waals surface area (Å²) < 4.78 is 4.92. The maximum absolute atomic E-state index is 12.3. The van der Waals surface area contributed by atoms with Crippen molar-refractivity contribution in [3.05, 3.63) is 58.1 Å². The highest BCUT2D eigenvalue weighted by Gasteiger charge is 2.18. The maximum Gasteiger partial charge on any atom is 0.311 e. The lowest BCUT2D eigenvalue weighted by molar-refractivity contribution is -0.385. The molecule has 28 heavy (non-hydrogen) atoms. The highest BCUT2D eigenvalue weighted by Crippen LogP contribution is 2.28. The monoisotopic (exact) mass is 402 g/mol. The average molecular weight is 402 g/mol. The molecule has 0 spiro atoms. The van der Waals surface area contributed by atoms with Crippen molar-refractivity contribution in [1.82, 2.24) is 5.32 Å². The van der Waals surface area contributed by atoms with Gasteiger partial charge in [-0.25, -0.2) is 0 Å². The van der Waals surface area contributed by atoms with Gasteiger partial charge in [-0.05, 0) is 48.6 Å². The number of hydrogen-bond acceptors (Lipinski definition) is 6. The van der Waals surface area contributed by atoms with Gasteiger partial charge in [-0.1, -0.05) is 6.92 Å². The Bertz CT molecular complexity index is 915. The molecule has 0 radical (unpaired) electrons. The normalized spacial score (nSPS) is 9.93. The van der Waals surface area contributed by atoms with E-state index < -0.39 is 10.8 Å². The minimum absolute atomic E-state index is 0.0723. The van der Waals surface area contributed by atoms with E-state index in [-0.39, 0.29) is 28.0 Å². The van der Waals surface area contributed by atoms with Gasteiger partial charge in [0.05, 0.1) is 12.0 Å². The van der Waals surface area contributed by atoms with E-state index in [0.717, 1.165) is 6.07 Å². The molecule has 0 heterocycles. The number of amides is 2. The molecular formula is C18H18N4O5S. The van der Waals surface area contributed by atoms with Gasteiger partial charge >= 0.3 is 5.69 Å². The molecule has 0 saturated heterocycles. The topological polar surface area (TPSA) is 123 Å². The number of methoxy groups -OCH3 is 1. The largest absolute Gasteiger partial charge is 0.490 e. The van der Waals surface area contributed by atoms with Gasteiger partial charge in [0, 0.05) is 29.4 Å². The summed E-state index contributed by atoms with van der Waals surface area (Å²) in [6.07, 6.45) is 0.316. The Labute approximate surface area is 166 Å². The van der Waals surface area contributed by atoms with Gasteiger partial charge in [0.25, 0.3) is 5.91 Å². The summed E-state index contributed by atoms with van der Waals surface area (Å²) in [5.74, 6) is -0.629. The lowest BCUT2D eigenvalue weighted by Gasteiger charge is -2.10. The van der Waals surface area contributed by atoms with E-state index in [1.54, 1.807) is 31.2 Å². The van der Waals surface area contributed by atoms with Crippen molar-refractivity contribution in [1.29, 1.82) is 0 Å². The molecule has 0 atom stereocenters. The summed E-state index contributed by atoms with van der Waals surface area (Å²) in [5.41, 5.74) is 0.938. The van der Waals surface area contributed by atoms with Crippen molar-refractivity contribution in [2.24, 2.45) is 0 Å². The molecule has 2 aromatic carbocycles. The molecule has 146 valence electrons. The summed E-state index contributed by atoms with van der Waals surface area (Å²) >= 11 is 5.02. The Morgan fingerprint density at radius 3 is 2.25 bits per heavy atom. The first-order valence-electron chi connectivity index (χ1n) is 8.18. The molecule has 2 rings (SSSR count). The number of thiocarbonyl (C=S) groups is 1. The molecule has 0 aliphatic carbocycles. The zero-order valence-electron chi connectivity index (χ0n) is 15.1. The quantitative estimate of drug-likeness (QED) is 0.385. The summed E-state index contributed by atoms with van der Waals surface area (Å²) in [4.78, 5) is 34.1. The minimum Gasteiger partial charge on any atom is -0.490 e. The van der Waals surface area contributed by atoms with Crippen LogP contribution >= 0.6 is 12.2 Å². The molecule has 0 fully saturated rings. The number of benzene rings is 2. The molecular weight excluding hydrogens is 384 g/mol. The first-order chi connectivity index (χ1) is 13.3. The van der Waals surface area contributed by atoms with E-state index in [1.807, 2.05) is 0 Å². The van der Waals surface area contributed by atoms with Crippen molar-refractivity contribution in [2.45, 2.75) is 13.3 Å². The number of carbonyl (C=O) groups is 2. The zero-order chi connectivity index (χ0) is 20.7. The Morgan fingerprint density at radius 1 is 1.11 bits per heavy atom. The lowest BCUT2D eigenvalue weighted by Crippen LogP contribution is -2.33. The van der Waals surface area contributed by atoms with Gasteiger partial charge in [0.2, 0.25) is 5.91 Å². The van der Waals surface area contributed by atoms with Gasteiger partial charge in [0.1, 0.15) is 0 Å². The van der Waals surface area contributed by atoms with Crippen LogP contribution in [0.1, 0.15) is 23.7 Å². The summed E-state index contributed by atoms with van der Waals surface area (Å²) in [6, 6.07) is 10.5. The predicted octanol–water partition coefficient (Wildman–Crippen LogP) is 3.08. The van der Waals surface area contributed by atoms with Crippen molar-refractivity contribution in [3.63, 3.8) is 0 Å². The Hall–Kier alpha value is -3.53. The van der Waals surface area contributed by atoms with Crippen LogP contribution in [0.25, 0.3) is 0 Å². The molecule has 0 aromatic heterocycles. The van der Waals surface area contributed by atoms with Crippen molar-refractivity contribution in [2.75, 3.05) is 17.7 Å². The van der Waals surface area contributed by atoms with Gasteiger partial charge in [-0.15, -0.1) is 0 Å². The number of carbonyl (C=O) groups excluding carboxylic acids is 2. The van der Waals surface area contributed by atoms with Crippen LogP contribution in [-0.4, -0.2) is 29.0 Å². The van der Waals surface area contributed by atoms with Crippen LogP contribution in [0, 0.1) is 10.1 Å². The molecule has 2 amide bonds. The Kier molecular flexibility index (Phi) is 6.99. The predicted molar refractivity (Wildman–Crippen MR) is 109 cm³/mol. The second kappa shape index (κ2) is 9.42. The number of anilines is 2. The fourth-order valence-electron chi connectivity index (χ4n) is 2.19. The molecule has 0 bridgehead atoms. The van der Waals surface area contributed by atoms with E-state index in [0.29, 0.717) is 17.8 Å². The average Bonchev–Trinajstić information content (AvgIpc) is 2.68. The molecule has 0 aliphatic rings. The third kappa shape index (κ3) is 5.48. The SMILES string of the molecule is CCC(=O)NC(=S)Nc1ccc(NC(=O)c2ccc(OC)c([N+](=O)[O-])c2)cc1. The molecule has 3 N–H and O–H groups in total. The lowest BCUT2D eigenvalue weighted by atomic mass is 10.1. The van der Waals surface area contributed by atoms with E-state index in [2.05, 4.69) is 16.0 Å². The standard InChI is InChI=1S/C18H18N4O5S/c1-3-16(23)21-18(28)20-13-7-5-12(6-8-13)19-17(24)11-4-9-15(27-2)14(10-11)22(25)26/h4-10H,3H2,1-2H3,(H,19,24)(H2,20,21,23,28). The van der Waals surface area contributed by atoms with Crippen LogP contribution in [0.15, 0.2) is 42.5 Å². The fourth-order valence-corrected chi connectivity index (χ4v) is 2.42. The van der Waals surface area contributed by atoms with E-state index in [9.17, 15) is 19.7 Å². The second-order valence-electron chi connectivity index (χ2n) is 5.53. The van der Waals surface area contributed by atoms with E-state index >= 15 is 0 Å².